The van der Waals surface area contributed by atoms with Crippen molar-refractivity contribution in [3.63, 3.8) is 0 Å². The van der Waals surface area contributed by atoms with Gasteiger partial charge in [0.25, 0.3) is 5.91 Å². The number of anilines is 2. The van der Waals surface area contributed by atoms with E-state index >= 15 is 0 Å². The molecular formula is C19H18N2O4. The number of nitrogens with one attached hydrogen (secondary N) is 2. The Hall–Kier alpha value is -3.41. The summed E-state index contributed by atoms with van der Waals surface area (Å²) in [5, 5.41) is 14.0. The van der Waals surface area contributed by atoms with Gasteiger partial charge in [-0.15, -0.1) is 0 Å². The Morgan fingerprint density at radius 1 is 1.00 bits per heavy atom. The number of carbonyl (C=O) groups is 3. The largest absolute Gasteiger partial charge is 0.478 e. The predicted octanol–water partition coefficient (Wildman–Crippen LogP) is 3.30. The molecule has 0 saturated carbocycles. The maximum atomic E-state index is 12.3. The van der Waals surface area contributed by atoms with Crippen LogP contribution in [-0.4, -0.2) is 22.9 Å². The molecule has 6 heteroatoms. The lowest BCUT2D eigenvalue weighted by Crippen LogP contribution is -2.13. The van der Waals surface area contributed by atoms with Crippen molar-refractivity contribution in [2.45, 2.75) is 13.8 Å². The Kier molecular flexibility index (Phi) is 5.68. The minimum Gasteiger partial charge on any atom is -0.478 e. The van der Waals surface area contributed by atoms with Crippen LogP contribution in [0.25, 0.3) is 6.08 Å². The molecule has 3 N–H and O–H groups in total. The van der Waals surface area contributed by atoms with Gasteiger partial charge in [0.2, 0.25) is 5.91 Å². The Bertz CT molecular complexity index is 839. The van der Waals surface area contributed by atoms with Crippen molar-refractivity contribution in [1.82, 2.24) is 0 Å². The molecule has 2 rings (SSSR count). The van der Waals surface area contributed by atoms with Crippen molar-refractivity contribution in [3.8, 4) is 0 Å². The summed E-state index contributed by atoms with van der Waals surface area (Å²) in [5.74, 6) is -1.53. The second-order valence-corrected chi connectivity index (χ2v) is 5.46. The third-order valence-electron chi connectivity index (χ3n) is 3.40. The third-order valence-corrected chi connectivity index (χ3v) is 3.40. The highest BCUT2D eigenvalue weighted by Crippen LogP contribution is 2.18. The van der Waals surface area contributed by atoms with E-state index in [0.717, 1.165) is 11.6 Å². The lowest BCUT2D eigenvalue weighted by Gasteiger charge is -2.10. The summed E-state index contributed by atoms with van der Waals surface area (Å²) in [5.41, 5.74) is 3.17. The first-order chi connectivity index (χ1) is 11.8. The Morgan fingerprint density at radius 2 is 1.68 bits per heavy atom. The fourth-order valence-corrected chi connectivity index (χ4v) is 2.14. The van der Waals surface area contributed by atoms with E-state index in [1.54, 1.807) is 42.5 Å². The van der Waals surface area contributed by atoms with Crippen LogP contribution in [0.1, 0.15) is 28.4 Å². The van der Waals surface area contributed by atoms with E-state index in [1.807, 2.05) is 6.92 Å². The van der Waals surface area contributed by atoms with Crippen LogP contribution < -0.4 is 10.6 Å². The molecule has 2 aromatic rings. The molecule has 128 valence electrons. The van der Waals surface area contributed by atoms with Crippen LogP contribution in [0.15, 0.2) is 48.5 Å². The average Bonchev–Trinajstić information content (AvgIpc) is 2.55. The Labute approximate surface area is 145 Å². The molecule has 0 aromatic heterocycles. The highest BCUT2D eigenvalue weighted by Gasteiger charge is 2.09. The topological polar surface area (TPSA) is 95.5 Å². The molecular weight excluding hydrogens is 320 g/mol. The van der Waals surface area contributed by atoms with E-state index in [0.29, 0.717) is 22.5 Å². The van der Waals surface area contributed by atoms with E-state index in [1.165, 1.54) is 13.0 Å². The average molecular weight is 338 g/mol. The van der Waals surface area contributed by atoms with Crippen LogP contribution in [0.3, 0.4) is 0 Å². The summed E-state index contributed by atoms with van der Waals surface area (Å²) in [7, 11) is 0. The van der Waals surface area contributed by atoms with Gasteiger partial charge in [-0.2, -0.15) is 0 Å². The number of aliphatic carboxylic acids is 1. The van der Waals surface area contributed by atoms with Gasteiger partial charge < -0.3 is 15.7 Å². The van der Waals surface area contributed by atoms with E-state index in [2.05, 4.69) is 10.6 Å². The molecule has 0 heterocycles. The van der Waals surface area contributed by atoms with Crippen LogP contribution in [-0.2, 0) is 9.59 Å². The number of benzene rings is 2. The van der Waals surface area contributed by atoms with Gasteiger partial charge in [0, 0.05) is 29.9 Å². The quantitative estimate of drug-likeness (QED) is 0.729. The molecule has 0 radical (unpaired) electrons. The summed E-state index contributed by atoms with van der Waals surface area (Å²) in [6.07, 6.45) is 2.51. The number of hydrogen-bond donors (Lipinski definition) is 3. The van der Waals surface area contributed by atoms with Crippen molar-refractivity contribution in [3.05, 3.63) is 65.2 Å². The number of carbonyl (C=O) groups excluding carboxylic acids is 2. The van der Waals surface area contributed by atoms with Crippen molar-refractivity contribution < 1.29 is 19.5 Å². The fraction of sp³-hybridized carbons (Fsp3) is 0.105. The lowest BCUT2D eigenvalue weighted by atomic mass is 10.1. The maximum absolute atomic E-state index is 12.3. The zero-order valence-corrected chi connectivity index (χ0v) is 13.9. The van der Waals surface area contributed by atoms with Crippen molar-refractivity contribution in [1.29, 1.82) is 0 Å². The second-order valence-electron chi connectivity index (χ2n) is 5.46. The fourth-order valence-electron chi connectivity index (χ4n) is 2.14. The summed E-state index contributed by atoms with van der Waals surface area (Å²) in [6, 6.07) is 11.8. The molecule has 0 spiro atoms. The number of rotatable bonds is 5. The zero-order valence-electron chi connectivity index (χ0n) is 13.9. The SMILES string of the molecule is CC(=O)Nc1cc(C(=O)Nc2ccc(/C=C/C(=O)O)cc2)ccc1C. The van der Waals surface area contributed by atoms with Gasteiger partial charge >= 0.3 is 5.97 Å². The Morgan fingerprint density at radius 3 is 2.28 bits per heavy atom. The second kappa shape index (κ2) is 7.92. The number of aryl methyl sites for hydroxylation is 1. The van der Waals surface area contributed by atoms with Crippen molar-refractivity contribution >= 4 is 35.2 Å². The Balaban J connectivity index is 2.11. The monoisotopic (exact) mass is 338 g/mol. The third kappa shape index (κ3) is 5.31. The number of amides is 2. The highest BCUT2D eigenvalue weighted by atomic mass is 16.4. The van der Waals surface area contributed by atoms with Gasteiger partial charge in [-0.3, -0.25) is 9.59 Å². The normalized spacial score (nSPS) is 10.5. The standard InChI is InChI=1S/C19H18N2O4/c1-12-3-7-15(11-17(12)20-13(2)22)19(25)21-16-8-4-14(5-9-16)6-10-18(23)24/h3-11H,1-2H3,(H,20,22)(H,21,25)(H,23,24)/b10-6+. The van der Waals surface area contributed by atoms with Gasteiger partial charge in [-0.1, -0.05) is 18.2 Å². The van der Waals surface area contributed by atoms with Crippen LogP contribution in [0, 0.1) is 6.92 Å². The number of carboxylic acid groups (broad SMARTS) is 1. The number of hydrogen-bond acceptors (Lipinski definition) is 3. The molecule has 6 nitrogen and oxygen atoms in total. The molecule has 0 fully saturated rings. The summed E-state index contributed by atoms with van der Waals surface area (Å²) in [6.45, 7) is 3.25. The maximum Gasteiger partial charge on any atom is 0.328 e. The van der Waals surface area contributed by atoms with Crippen LogP contribution in [0.2, 0.25) is 0 Å². The highest BCUT2D eigenvalue weighted by molar-refractivity contribution is 6.05. The van der Waals surface area contributed by atoms with Crippen LogP contribution >= 0.6 is 0 Å². The first-order valence-electron chi connectivity index (χ1n) is 7.56. The molecule has 0 unspecified atom stereocenters. The van der Waals surface area contributed by atoms with Gasteiger partial charge in [-0.05, 0) is 48.4 Å². The summed E-state index contributed by atoms with van der Waals surface area (Å²) < 4.78 is 0. The van der Waals surface area contributed by atoms with E-state index in [9.17, 15) is 14.4 Å². The lowest BCUT2D eigenvalue weighted by molar-refractivity contribution is -0.131. The number of carboxylic acids is 1. The van der Waals surface area contributed by atoms with E-state index in [-0.39, 0.29) is 11.8 Å². The summed E-state index contributed by atoms with van der Waals surface area (Å²) in [4.78, 5) is 34.0. The molecule has 0 atom stereocenters. The molecule has 2 amide bonds. The molecule has 0 aliphatic carbocycles. The van der Waals surface area contributed by atoms with Gasteiger partial charge in [-0.25, -0.2) is 4.79 Å². The minimum absolute atomic E-state index is 0.203. The van der Waals surface area contributed by atoms with E-state index in [4.69, 9.17) is 5.11 Å². The first kappa shape index (κ1) is 17.9. The van der Waals surface area contributed by atoms with Gasteiger partial charge in [0.15, 0.2) is 0 Å². The van der Waals surface area contributed by atoms with Crippen molar-refractivity contribution in [2.75, 3.05) is 10.6 Å². The first-order valence-corrected chi connectivity index (χ1v) is 7.56. The molecule has 0 saturated heterocycles. The smallest absolute Gasteiger partial charge is 0.328 e. The molecule has 0 aliphatic heterocycles. The zero-order chi connectivity index (χ0) is 18.4. The van der Waals surface area contributed by atoms with Crippen LogP contribution in [0.5, 0.6) is 0 Å². The van der Waals surface area contributed by atoms with Crippen molar-refractivity contribution in [2.24, 2.45) is 0 Å². The molecule has 2 aromatic carbocycles. The predicted molar refractivity (Wildman–Crippen MR) is 96.5 cm³/mol. The summed E-state index contributed by atoms with van der Waals surface area (Å²) >= 11 is 0. The van der Waals surface area contributed by atoms with Crippen LogP contribution in [0.4, 0.5) is 11.4 Å². The minimum atomic E-state index is -1.02. The van der Waals surface area contributed by atoms with E-state index < -0.39 is 5.97 Å². The molecule has 25 heavy (non-hydrogen) atoms. The van der Waals surface area contributed by atoms with Gasteiger partial charge in [0.05, 0.1) is 0 Å². The molecule has 0 aliphatic rings. The molecule has 0 bridgehead atoms. The van der Waals surface area contributed by atoms with Gasteiger partial charge in [0.1, 0.15) is 0 Å².